The molecule has 0 radical (unpaired) electrons. The Balaban J connectivity index is 2.27. The smallest absolute Gasteiger partial charge is 0.255 e. The second-order valence-corrected chi connectivity index (χ2v) is 4.74. The molecule has 2 rings (SSSR count). The zero-order valence-electron chi connectivity index (χ0n) is 9.90. The van der Waals surface area contributed by atoms with Crippen LogP contribution in [-0.4, -0.2) is 39.5 Å². The van der Waals surface area contributed by atoms with Crippen molar-refractivity contribution in [3.8, 4) is 0 Å². The van der Waals surface area contributed by atoms with Gasteiger partial charge in [-0.25, -0.2) is 0 Å². The number of alkyl halides is 1. The Kier molecular flexibility index (Phi) is 3.74. The Morgan fingerprint density at radius 1 is 1.59 bits per heavy atom. The number of halogens is 1. The van der Waals surface area contributed by atoms with Gasteiger partial charge in [0.1, 0.15) is 0 Å². The minimum Gasteiger partial charge on any atom is -0.387 e. The van der Waals surface area contributed by atoms with Crippen LogP contribution in [0.4, 0.5) is 0 Å². The fourth-order valence-electron chi connectivity index (χ4n) is 2.29. The predicted molar refractivity (Wildman–Crippen MR) is 66.2 cm³/mol. The number of aliphatic hydroxyl groups excluding tert-OH is 1. The first kappa shape index (κ1) is 12.5. The molecular weight excluding hydrogens is 240 g/mol. The van der Waals surface area contributed by atoms with E-state index in [9.17, 15) is 9.90 Å². The summed E-state index contributed by atoms with van der Waals surface area (Å²) in [6.07, 6.45) is 2.62. The van der Waals surface area contributed by atoms with E-state index in [1.165, 1.54) is 0 Å². The zero-order chi connectivity index (χ0) is 12.4. The van der Waals surface area contributed by atoms with Crippen LogP contribution in [0, 0.1) is 0 Å². The number of hydrogen-bond acceptors (Lipinski definition) is 2. The summed E-state index contributed by atoms with van der Waals surface area (Å²) in [5, 5.41) is 10.0. The number of amides is 1. The molecule has 0 spiro atoms. The summed E-state index contributed by atoms with van der Waals surface area (Å²) in [5.74, 6) is 0.552. The molecule has 0 bridgehead atoms. The minimum atomic E-state index is -0.560. The molecule has 1 N–H and O–H groups in total. The van der Waals surface area contributed by atoms with E-state index in [4.69, 9.17) is 11.6 Å². The molecule has 0 aliphatic carbocycles. The Bertz CT molecular complexity index is 417. The SMILES string of the molecule is Cn1ccc2c1[C@@H](O)CCN(CCCCl)C2=O. The third-order valence-electron chi connectivity index (χ3n) is 3.19. The lowest BCUT2D eigenvalue weighted by Crippen LogP contribution is -2.32. The molecule has 1 aromatic rings. The molecule has 1 atom stereocenters. The van der Waals surface area contributed by atoms with Crippen molar-refractivity contribution in [1.29, 1.82) is 0 Å². The van der Waals surface area contributed by atoms with Crippen molar-refractivity contribution in [2.45, 2.75) is 18.9 Å². The third kappa shape index (κ3) is 2.33. The van der Waals surface area contributed by atoms with Crippen molar-refractivity contribution in [2.75, 3.05) is 19.0 Å². The van der Waals surface area contributed by atoms with Crippen molar-refractivity contribution in [2.24, 2.45) is 7.05 Å². The monoisotopic (exact) mass is 256 g/mol. The number of aliphatic hydroxyl groups is 1. The van der Waals surface area contributed by atoms with E-state index in [1.807, 2.05) is 17.8 Å². The Morgan fingerprint density at radius 2 is 2.35 bits per heavy atom. The van der Waals surface area contributed by atoms with Gasteiger partial charge in [0.15, 0.2) is 0 Å². The van der Waals surface area contributed by atoms with Gasteiger partial charge in [-0.1, -0.05) is 0 Å². The van der Waals surface area contributed by atoms with Crippen molar-refractivity contribution in [1.82, 2.24) is 9.47 Å². The van der Waals surface area contributed by atoms with Crippen LogP contribution in [0.25, 0.3) is 0 Å². The second-order valence-electron chi connectivity index (χ2n) is 4.36. The van der Waals surface area contributed by atoms with Crippen LogP contribution in [-0.2, 0) is 7.05 Å². The van der Waals surface area contributed by atoms with Crippen LogP contribution in [0.2, 0.25) is 0 Å². The summed E-state index contributed by atoms with van der Waals surface area (Å²) in [6.45, 7) is 1.24. The predicted octanol–water partition coefficient (Wildman–Crippen LogP) is 1.53. The molecule has 1 aromatic heterocycles. The van der Waals surface area contributed by atoms with Gasteiger partial charge < -0.3 is 14.6 Å². The van der Waals surface area contributed by atoms with E-state index in [2.05, 4.69) is 0 Å². The van der Waals surface area contributed by atoms with Crippen LogP contribution in [0.3, 0.4) is 0 Å². The summed E-state index contributed by atoms with van der Waals surface area (Å²) in [7, 11) is 1.85. The number of fused-ring (bicyclic) bond motifs is 1. The average Bonchev–Trinajstić information content (AvgIpc) is 2.64. The second kappa shape index (κ2) is 5.10. The van der Waals surface area contributed by atoms with Crippen LogP contribution in [0.5, 0.6) is 0 Å². The molecule has 1 aliphatic rings. The van der Waals surface area contributed by atoms with Crippen molar-refractivity contribution in [3.63, 3.8) is 0 Å². The Morgan fingerprint density at radius 3 is 3.06 bits per heavy atom. The third-order valence-corrected chi connectivity index (χ3v) is 3.46. The highest BCUT2D eigenvalue weighted by atomic mass is 35.5. The van der Waals surface area contributed by atoms with Crippen molar-refractivity contribution >= 4 is 17.5 Å². The van der Waals surface area contributed by atoms with Gasteiger partial charge in [-0.05, 0) is 18.9 Å². The molecule has 0 unspecified atom stereocenters. The van der Waals surface area contributed by atoms with Crippen LogP contribution in [0.15, 0.2) is 12.3 Å². The highest BCUT2D eigenvalue weighted by molar-refractivity contribution is 6.17. The maximum atomic E-state index is 12.3. The minimum absolute atomic E-state index is 0.00210. The fourth-order valence-corrected chi connectivity index (χ4v) is 2.41. The highest BCUT2D eigenvalue weighted by Gasteiger charge is 2.28. The molecule has 4 nitrogen and oxygen atoms in total. The average molecular weight is 257 g/mol. The standard InChI is InChI=1S/C12H17ClN2O2/c1-14-7-3-9-11(14)10(16)4-8-15(12(9)17)6-2-5-13/h3,7,10,16H,2,4-6,8H2,1H3/t10-/m0/s1. The van der Waals surface area contributed by atoms with Gasteiger partial charge in [0.05, 0.1) is 17.4 Å². The lowest BCUT2D eigenvalue weighted by Gasteiger charge is -2.19. The molecule has 17 heavy (non-hydrogen) atoms. The number of rotatable bonds is 3. The maximum Gasteiger partial charge on any atom is 0.255 e. The normalized spacial score (nSPS) is 20.3. The van der Waals surface area contributed by atoms with Gasteiger partial charge in [-0.15, -0.1) is 11.6 Å². The molecule has 5 heteroatoms. The molecular formula is C12H17ClN2O2. The van der Waals surface area contributed by atoms with Gasteiger partial charge in [0.25, 0.3) is 5.91 Å². The fraction of sp³-hybridized carbons (Fsp3) is 0.583. The Hall–Kier alpha value is -1.00. The summed E-state index contributed by atoms with van der Waals surface area (Å²) in [4.78, 5) is 14.0. The molecule has 2 heterocycles. The zero-order valence-corrected chi connectivity index (χ0v) is 10.7. The first-order chi connectivity index (χ1) is 8.15. The maximum absolute atomic E-state index is 12.3. The quantitative estimate of drug-likeness (QED) is 0.834. The molecule has 0 saturated carbocycles. The molecule has 0 saturated heterocycles. The van der Waals surface area contributed by atoms with Crippen LogP contribution in [0.1, 0.15) is 35.0 Å². The number of aryl methyl sites for hydroxylation is 1. The summed E-state index contributed by atoms with van der Waals surface area (Å²) < 4.78 is 1.82. The van der Waals surface area contributed by atoms with E-state index < -0.39 is 6.10 Å². The summed E-state index contributed by atoms with van der Waals surface area (Å²) in [6, 6.07) is 1.78. The van der Waals surface area contributed by atoms with E-state index in [-0.39, 0.29) is 5.91 Å². The van der Waals surface area contributed by atoms with E-state index in [0.29, 0.717) is 31.0 Å². The van der Waals surface area contributed by atoms with Gasteiger partial charge in [-0.2, -0.15) is 0 Å². The van der Waals surface area contributed by atoms with Crippen LogP contribution < -0.4 is 0 Å². The largest absolute Gasteiger partial charge is 0.387 e. The molecule has 0 aromatic carbocycles. The molecule has 1 aliphatic heterocycles. The first-order valence-corrected chi connectivity index (χ1v) is 6.37. The molecule has 0 fully saturated rings. The number of carbonyl (C=O) groups is 1. The molecule has 1 amide bonds. The van der Waals surface area contributed by atoms with Crippen LogP contribution >= 0.6 is 11.6 Å². The number of aromatic nitrogens is 1. The number of nitrogens with zero attached hydrogens (tertiary/aromatic N) is 2. The molecule has 94 valence electrons. The summed E-state index contributed by atoms with van der Waals surface area (Å²) >= 11 is 5.65. The first-order valence-electron chi connectivity index (χ1n) is 5.83. The van der Waals surface area contributed by atoms with Gasteiger partial charge >= 0.3 is 0 Å². The van der Waals surface area contributed by atoms with Gasteiger partial charge in [0.2, 0.25) is 0 Å². The van der Waals surface area contributed by atoms with E-state index in [1.54, 1.807) is 11.0 Å². The van der Waals surface area contributed by atoms with Crippen molar-refractivity contribution < 1.29 is 9.90 Å². The van der Waals surface area contributed by atoms with Gasteiger partial charge in [0, 0.05) is 32.2 Å². The van der Waals surface area contributed by atoms with Gasteiger partial charge in [-0.3, -0.25) is 4.79 Å². The topological polar surface area (TPSA) is 45.5 Å². The number of hydrogen-bond donors (Lipinski definition) is 1. The lowest BCUT2D eigenvalue weighted by atomic mass is 10.1. The number of carbonyl (C=O) groups excluding carboxylic acids is 1. The van der Waals surface area contributed by atoms with E-state index in [0.717, 1.165) is 12.1 Å². The van der Waals surface area contributed by atoms with E-state index >= 15 is 0 Å². The van der Waals surface area contributed by atoms with Crippen molar-refractivity contribution in [3.05, 3.63) is 23.5 Å². The lowest BCUT2D eigenvalue weighted by molar-refractivity contribution is 0.0747. The summed E-state index contributed by atoms with van der Waals surface area (Å²) in [5.41, 5.74) is 1.34. The Labute approximate surface area is 106 Å². The highest BCUT2D eigenvalue weighted by Crippen LogP contribution is 2.27.